The van der Waals surface area contributed by atoms with E-state index in [1.807, 2.05) is 11.4 Å². The minimum Gasteiger partial charge on any atom is -0.395 e. The first-order chi connectivity index (χ1) is 9.03. The first-order valence-corrected chi connectivity index (χ1v) is 7.37. The molecule has 1 unspecified atom stereocenters. The third-order valence-electron chi connectivity index (χ3n) is 3.54. The largest absolute Gasteiger partial charge is 0.395 e. The van der Waals surface area contributed by atoms with Crippen molar-refractivity contribution in [2.75, 3.05) is 13.2 Å². The molecule has 1 aliphatic rings. The second-order valence-electron chi connectivity index (χ2n) is 5.57. The summed E-state index contributed by atoms with van der Waals surface area (Å²) in [4.78, 5) is 12.8. The first kappa shape index (κ1) is 14.1. The van der Waals surface area contributed by atoms with Crippen LogP contribution < -0.4 is 5.32 Å². The number of aliphatic hydroxyl groups excluding tert-OH is 1. The third-order valence-corrected chi connectivity index (χ3v) is 4.38. The SMILES string of the molecule is CC1(C)CC1CNC(=O)c1csc(C#CCCO)c1. The van der Waals surface area contributed by atoms with Gasteiger partial charge in [0.2, 0.25) is 0 Å². The molecule has 3 nitrogen and oxygen atoms in total. The van der Waals surface area contributed by atoms with Gasteiger partial charge in [-0.25, -0.2) is 0 Å². The lowest BCUT2D eigenvalue weighted by molar-refractivity contribution is 0.0951. The lowest BCUT2D eigenvalue weighted by Gasteiger charge is -2.04. The Hall–Kier alpha value is -1.31. The van der Waals surface area contributed by atoms with Gasteiger partial charge in [0.25, 0.3) is 5.91 Å². The van der Waals surface area contributed by atoms with Crippen LogP contribution in [-0.2, 0) is 0 Å². The van der Waals surface area contributed by atoms with Crippen molar-refractivity contribution in [1.29, 1.82) is 0 Å². The highest BCUT2D eigenvalue weighted by molar-refractivity contribution is 7.10. The monoisotopic (exact) mass is 277 g/mol. The predicted molar refractivity (Wildman–Crippen MR) is 77.1 cm³/mol. The van der Waals surface area contributed by atoms with Gasteiger partial charge in [-0.15, -0.1) is 11.3 Å². The van der Waals surface area contributed by atoms with Crippen LogP contribution in [0, 0.1) is 23.2 Å². The predicted octanol–water partition coefficient (Wildman–Crippen LogP) is 2.26. The number of hydrogen-bond acceptors (Lipinski definition) is 3. The Bertz CT molecular complexity index is 522. The summed E-state index contributed by atoms with van der Waals surface area (Å²) in [7, 11) is 0. The average Bonchev–Trinajstić information content (AvgIpc) is 2.78. The van der Waals surface area contributed by atoms with Crippen LogP contribution in [-0.4, -0.2) is 24.2 Å². The van der Waals surface area contributed by atoms with Crippen molar-refractivity contribution in [1.82, 2.24) is 5.32 Å². The smallest absolute Gasteiger partial charge is 0.252 e. The van der Waals surface area contributed by atoms with Crippen molar-refractivity contribution < 1.29 is 9.90 Å². The van der Waals surface area contributed by atoms with Gasteiger partial charge in [0.15, 0.2) is 0 Å². The number of carbonyl (C=O) groups excluding carboxylic acids is 1. The molecule has 0 bridgehead atoms. The number of rotatable bonds is 4. The van der Waals surface area contributed by atoms with Crippen molar-refractivity contribution in [2.45, 2.75) is 26.7 Å². The van der Waals surface area contributed by atoms with Crippen LogP contribution in [0.5, 0.6) is 0 Å². The summed E-state index contributed by atoms with van der Waals surface area (Å²) in [5.74, 6) is 6.38. The van der Waals surface area contributed by atoms with Crippen molar-refractivity contribution >= 4 is 17.2 Å². The molecule has 4 heteroatoms. The number of aliphatic hydroxyl groups is 1. The Kier molecular flexibility index (Phi) is 4.28. The zero-order valence-electron chi connectivity index (χ0n) is 11.3. The second-order valence-corrected chi connectivity index (χ2v) is 6.49. The minimum absolute atomic E-state index is 0.0193. The van der Waals surface area contributed by atoms with Gasteiger partial charge in [0.05, 0.1) is 17.0 Å². The topological polar surface area (TPSA) is 49.3 Å². The average molecular weight is 277 g/mol. The zero-order chi connectivity index (χ0) is 13.9. The summed E-state index contributed by atoms with van der Waals surface area (Å²) in [6.45, 7) is 5.28. The highest BCUT2D eigenvalue weighted by Crippen LogP contribution is 2.50. The van der Waals surface area contributed by atoms with Crippen LogP contribution in [0.25, 0.3) is 0 Å². The normalized spacial score (nSPS) is 19.4. The number of carbonyl (C=O) groups is 1. The molecule has 2 N–H and O–H groups in total. The fourth-order valence-electron chi connectivity index (χ4n) is 1.97. The van der Waals surface area contributed by atoms with E-state index in [2.05, 4.69) is 31.0 Å². The van der Waals surface area contributed by atoms with Crippen molar-refractivity contribution in [3.05, 3.63) is 21.9 Å². The lowest BCUT2D eigenvalue weighted by Crippen LogP contribution is -2.26. The standard InChI is InChI=1S/C15H19NO2S/c1-15(2)8-12(15)9-16-14(18)11-7-13(19-10-11)5-3-4-6-17/h7,10,12,17H,4,6,8-9H2,1-2H3,(H,16,18). The van der Waals surface area contributed by atoms with Gasteiger partial charge in [-0.3, -0.25) is 4.79 Å². The van der Waals surface area contributed by atoms with E-state index in [0.717, 1.165) is 11.4 Å². The summed E-state index contributed by atoms with van der Waals surface area (Å²) >= 11 is 1.46. The minimum atomic E-state index is -0.0193. The van der Waals surface area contributed by atoms with E-state index in [-0.39, 0.29) is 12.5 Å². The highest BCUT2D eigenvalue weighted by Gasteiger charge is 2.45. The molecule has 2 rings (SSSR count). The molecule has 0 aromatic carbocycles. The summed E-state index contributed by atoms with van der Waals surface area (Å²) in [5, 5.41) is 13.5. The summed E-state index contributed by atoms with van der Waals surface area (Å²) < 4.78 is 0. The molecule has 1 saturated carbocycles. The Balaban J connectivity index is 1.85. The van der Waals surface area contributed by atoms with Crippen LogP contribution in [0.15, 0.2) is 11.4 Å². The van der Waals surface area contributed by atoms with Crippen LogP contribution in [0.3, 0.4) is 0 Å². The van der Waals surface area contributed by atoms with E-state index in [9.17, 15) is 4.79 Å². The van der Waals surface area contributed by atoms with Crippen molar-refractivity contribution in [3.8, 4) is 11.8 Å². The quantitative estimate of drug-likeness (QED) is 0.829. The van der Waals surface area contributed by atoms with Crippen molar-refractivity contribution in [2.24, 2.45) is 11.3 Å². The fraction of sp³-hybridized carbons (Fsp3) is 0.533. The molecular formula is C15H19NO2S. The first-order valence-electron chi connectivity index (χ1n) is 6.49. The maximum atomic E-state index is 11.9. The molecule has 1 amide bonds. The van der Waals surface area contributed by atoms with Gasteiger partial charge in [0, 0.05) is 18.3 Å². The molecule has 1 atom stereocenters. The van der Waals surface area contributed by atoms with Crippen LogP contribution in [0.1, 0.15) is 41.9 Å². The van der Waals surface area contributed by atoms with Gasteiger partial charge in [-0.05, 0) is 23.8 Å². The molecule has 1 fully saturated rings. The number of hydrogen-bond donors (Lipinski definition) is 2. The molecule has 19 heavy (non-hydrogen) atoms. The Morgan fingerprint density at radius 3 is 3.00 bits per heavy atom. The molecule has 0 radical (unpaired) electrons. The van der Waals surface area contributed by atoms with E-state index in [1.165, 1.54) is 17.8 Å². The summed E-state index contributed by atoms with van der Waals surface area (Å²) in [6, 6.07) is 1.81. The Labute approximate surface area is 118 Å². The molecule has 0 saturated heterocycles. The van der Waals surface area contributed by atoms with E-state index in [4.69, 9.17) is 5.11 Å². The molecule has 1 aromatic heterocycles. The molecule has 1 aromatic rings. The zero-order valence-corrected chi connectivity index (χ0v) is 12.1. The molecule has 1 aliphatic carbocycles. The maximum absolute atomic E-state index is 11.9. The number of amides is 1. The van der Waals surface area contributed by atoms with E-state index in [0.29, 0.717) is 23.3 Å². The summed E-state index contributed by atoms with van der Waals surface area (Å²) in [5.41, 5.74) is 1.07. The van der Waals surface area contributed by atoms with Crippen LogP contribution >= 0.6 is 11.3 Å². The Morgan fingerprint density at radius 1 is 1.63 bits per heavy atom. The van der Waals surface area contributed by atoms with E-state index >= 15 is 0 Å². The maximum Gasteiger partial charge on any atom is 0.252 e. The van der Waals surface area contributed by atoms with Crippen LogP contribution in [0.2, 0.25) is 0 Å². The van der Waals surface area contributed by atoms with E-state index in [1.54, 1.807) is 0 Å². The van der Waals surface area contributed by atoms with Gasteiger partial charge in [-0.1, -0.05) is 25.7 Å². The Morgan fingerprint density at radius 2 is 2.37 bits per heavy atom. The van der Waals surface area contributed by atoms with Gasteiger partial charge < -0.3 is 10.4 Å². The van der Waals surface area contributed by atoms with Gasteiger partial charge in [-0.2, -0.15) is 0 Å². The second kappa shape index (κ2) is 5.77. The molecule has 0 aliphatic heterocycles. The number of nitrogens with one attached hydrogen (secondary N) is 1. The molecular weight excluding hydrogens is 258 g/mol. The molecule has 1 heterocycles. The van der Waals surface area contributed by atoms with Gasteiger partial charge in [0.1, 0.15) is 0 Å². The summed E-state index contributed by atoms with van der Waals surface area (Å²) in [6.07, 6.45) is 1.66. The van der Waals surface area contributed by atoms with E-state index < -0.39 is 0 Å². The fourth-order valence-corrected chi connectivity index (χ4v) is 2.72. The van der Waals surface area contributed by atoms with Gasteiger partial charge >= 0.3 is 0 Å². The third kappa shape index (κ3) is 3.82. The number of thiophene rings is 1. The highest BCUT2D eigenvalue weighted by atomic mass is 32.1. The lowest BCUT2D eigenvalue weighted by atomic mass is 10.1. The molecule has 0 spiro atoms. The van der Waals surface area contributed by atoms with Crippen molar-refractivity contribution in [3.63, 3.8) is 0 Å². The molecule has 102 valence electrons. The van der Waals surface area contributed by atoms with Crippen LogP contribution in [0.4, 0.5) is 0 Å².